The van der Waals surface area contributed by atoms with E-state index in [4.69, 9.17) is 10.2 Å². The lowest BCUT2D eigenvalue weighted by Crippen LogP contribution is -2.09. The van der Waals surface area contributed by atoms with Gasteiger partial charge in [0.2, 0.25) is 5.89 Å². The molecule has 0 bridgehead atoms. The highest BCUT2D eigenvalue weighted by molar-refractivity contribution is 7.98. The Bertz CT molecular complexity index is 769. The van der Waals surface area contributed by atoms with Crippen LogP contribution in [0.3, 0.4) is 0 Å². The number of thioether (sulfide) groups is 1. The maximum Gasteiger partial charge on any atom is 0.204 e. The molecule has 3 rings (SSSR count). The monoisotopic (exact) mass is 302 g/mol. The molecule has 0 amide bonds. The lowest BCUT2D eigenvalue weighted by atomic mass is 9.94. The molecular weight excluding hydrogens is 284 g/mol. The number of nitrogen functional groups attached to an aromatic ring is 1. The highest BCUT2D eigenvalue weighted by atomic mass is 32.2. The summed E-state index contributed by atoms with van der Waals surface area (Å²) < 4.78 is 5.77. The summed E-state index contributed by atoms with van der Waals surface area (Å²) in [5, 5.41) is 0.839. The Morgan fingerprint density at radius 3 is 2.86 bits per heavy atom. The van der Waals surface area contributed by atoms with Crippen molar-refractivity contribution in [3.05, 3.63) is 36.0 Å². The van der Waals surface area contributed by atoms with Crippen molar-refractivity contribution in [2.24, 2.45) is 0 Å². The smallest absolute Gasteiger partial charge is 0.204 e. The number of rotatable bonds is 3. The van der Waals surface area contributed by atoms with Gasteiger partial charge in [-0.3, -0.25) is 0 Å². The first-order valence-electron chi connectivity index (χ1n) is 6.75. The predicted octanol–water partition coefficient (Wildman–Crippen LogP) is 3.72. The molecule has 21 heavy (non-hydrogen) atoms. The maximum absolute atomic E-state index is 5.77. The van der Waals surface area contributed by atoms with E-state index in [1.807, 2.05) is 18.2 Å². The summed E-state index contributed by atoms with van der Waals surface area (Å²) in [5.41, 5.74) is 8.32. The van der Waals surface area contributed by atoms with Gasteiger partial charge in [-0.2, -0.15) is 0 Å². The Kier molecular flexibility index (Phi) is 3.41. The number of H-pyrrole nitrogens is 1. The minimum Gasteiger partial charge on any atom is -0.444 e. The number of aromatic amines is 1. The van der Waals surface area contributed by atoms with Gasteiger partial charge >= 0.3 is 0 Å². The number of oxazole rings is 1. The Balaban J connectivity index is 1.73. The average Bonchev–Trinajstić information content (AvgIpc) is 3.01. The number of hydrogen-bond acceptors (Lipinski definition) is 5. The van der Waals surface area contributed by atoms with Gasteiger partial charge in [0, 0.05) is 11.1 Å². The summed E-state index contributed by atoms with van der Waals surface area (Å²) in [4.78, 5) is 12.1. The van der Waals surface area contributed by atoms with Crippen LogP contribution in [0.2, 0.25) is 0 Å². The molecule has 0 atom stereocenters. The van der Waals surface area contributed by atoms with Crippen molar-refractivity contribution >= 4 is 28.5 Å². The third-order valence-electron chi connectivity index (χ3n) is 3.11. The fourth-order valence-electron chi connectivity index (χ4n) is 1.93. The molecule has 0 aliphatic heterocycles. The second-order valence-electron chi connectivity index (χ2n) is 5.98. The molecule has 3 N–H and O–H groups in total. The van der Waals surface area contributed by atoms with Crippen LogP contribution in [-0.2, 0) is 11.2 Å². The number of anilines is 1. The summed E-state index contributed by atoms with van der Waals surface area (Å²) >= 11 is 1.57. The highest BCUT2D eigenvalue weighted by Crippen LogP contribution is 2.27. The molecule has 1 aromatic carbocycles. The number of nitrogens with two attached hydrogens (primary N) is 1. The van der Waals surface area contributed by atoms with Crippen LogP contribution in [0.4, 0.5) is 5.69 Å². The van der Waals surface area contributed by atoms with Crippen molar-refractivity contribution in [1.29, 1.82) is 0 Å². The molecule has 2 heterocycles. The average molecular weight is 302 g/mol. The molecule has 0 aliphatic carbocycles. The van der Waals surface area contributed by atoms with Crippen molar-refractivity contribution in [3.63, 3.8) is 0 Å². The van der Waals surface area contributed by atoms with Gasteiger partial charge in [0.05, 0.1) is 23.0 Å². The summed E-state index contributed by atoms with van der Waals surface area (Å²) in [7, 11) is 0. The SMILES string of the molecule is CC(C)(C)c1cnc(CSc2nc3ccc(N)cc3[nH]2)o1. The van der Waals surface area contributed by atoms with Gasteiger partial charge in [0.15, 0.2) is 5.16 Å². The normalized spacial score (nSPS) is 12.1. The summed E-state index contributed by atoms with van der Waals surface area (Å²) in [6.07, 6.45) is 1.80. The number of aromatic nitrogens is 3. The van der Waals surface area contributed by atoms with E-state index in [0.29, 0.717) is 11.6 Å². The molecule has 110 valence electrons. The lowest BCUT2D eigenvalue weighted by molar-refractivity contribution is 0.390. The third-order valence-corrected chi connectivity index (χ3v) is 3.97. The molecule has 6 heteroatoms. The van der Waals surface area contributed by atoms with Gasteiger partial charge in [-0.15, -0.1) is 0 Å². The second-order valence-corrected chi connectivity index (χ2v) is 6.94. The predicted molar refractivity (Wildman–Crippen MR) is 85.3 cm³/mol. The van der Waals surface area contributed by atoms with Crippen molar-refractivity contribution in [2.45, 2.75) is 37.1 Å². The molecule has 0 radical (unpaired) electrons. The van der Waals surface area contributed by atoms with Crippen LogP contribution in [0.5, 0.6) is 0 Å². The Labute approximate surface area is 127 Å². The van der Waals surface area contributed by atoms with Crippen LogP contribution >= 0.6 is 11.8 Å². The molecule has 3 aromatic rings. The quantitative estimate of drug-likeness (QED) is 0.569. The maximum atomic E-state index is 5.77. The van der Waals surface area contributed by atoms with E-state index < -0.39 is 0 Å². The molecule has 2 aromatic heterocycles. The zero-order valence-corrected chi connectivity index (χ0v) is 13.1. The zero-order chi connectivity index (χ0) is 15.0. The molecule has 0 unspecified atom stereocenters. The zero-order valence-electron chi connectivity index (χ0n) is 12.3. The molecular formula is C15H18N4OS. The molecule has 0 aliphatic rings. The summed E-state index contributed by atoms with van der Waals surface area (Å²) in [6.45, 7) is 6.32. The minimum atomic E-state index is -0.0210. The van der Waals surface area contributed by atoms with Crippen LogP contribution in [-0.4, -0.2) is 15.0 Å². The van der Waals surface area contributed by atoms with Gasteiger partial charge in [-0.05, 0) is 18.2 Å². The van der Waals surface area contributed by atoms with E-state index in [0.717, 1.165) is 27.6 Å². The van der Waals surface area contributed by atoms with E-state index in [-0.39, 0.29) is 5.41 Å². The topological polar surface area (TPSA) is 80.7 Å². The van der Waals surface area contributed by atoms with E-state index >= 15 is 0 Å². The van der Waals surface area contributed by atoms with Crippen molar-refractivity contribution in [3.8, 4) is 0 Å². The Morgan fingerprint density at radius 2 is 2.14 bits per heavy atom. The first-order valence-corrected chi connectivity index (χ1v) is 7.73. The molecule has 0 spiro atoms. The van der Waals surface area contributed by atoms with Crippen molar-refractivity contribution in [1.82, 2.24) is 15.0 Å². The number of benzene rings is 1. The number of hydrogen-bond donors (Lipinski definition) is 2. The standard InChI is InChI=1S/C15H18N4OS/c1-15(2,3)12-7-17-13(20-12)8-21-14-18-10-5-4-9(16)6-11(10)19-14/h4-7H,8,16H2,1-3H3,(H,18,19). The first-order chi connectivity index (χ1) is 9.91. The van der Waals surface area contributed by atoms with E-state index in [2.05, 4.69) is 35.7 Å². The number of fused-ring (bicyclic) bond motifs is 1. The highest BCUT2D eigenvalue weighted by Gasteiger charge is 2.19. The van der Waals surface area contributed by atoms with Gasteiger partial charge in [0.25, 0.3) is 0 Å². The van der Waals surface area contributed by atoms with Crippen LogP contribution in [0.15, 0.2) is 34.0 Å². The van der Waals surface area contributed by atoms with Gasteiger partial charge in [-0.25, -0.2) is 9.97 Å². The fraction of sp³-hybridized carbons (Fsp3) is 0.333. The van der Waals surface area contributed by atoms with Crippen molar-refractivity contribution < 1.29 is 4.42 Å². The second kappa shape index (κ2) is 5.11. The molecule has 0 fully saturated rings. The largest absolute Gasteiger partial charge is 0.444 e. The minimum absolute atomic E-state index is 0.0210. The van der Waals surface area contributed by atoms with Gasteiger partial charge < -0.3 is 15.1 Å². The van der Waals surface area contributed by atoms with Crippen LogP contribution < -0.4 is 5.73 Å². The van der Waals surface area contributed by atoms with E-state index in [1.54, 1.807) is 18.0 Å². The lowest BCUT2D eigenvalue weighted by Gasteiger charge is -2.12. The van der Waals surface area contributed by atoms with Gasteiger partial charge in [0.1, 0.15) is 5.76 Å². The molecule has 5 nitrogen and oxygen atoms in total. The number of imidazole rings is 1. The summed E-state index contributed by atoms with van der Waals surface area (Å²) in [5.74, 6) is 2.26. The summed E-state index contributed by atoms with van der Waals surface area (Å²) in [6, 6.07) is 5.64. The third kappa shape index (κ3) is 3.05. The van der Waals surface area contributed by atoms with E-state index in [9.17, 15) is 0 Å². The number of nitrogens with zero attached hydrogens (tertiary/aromatic N) is 2. The molecule has 0 saturated carbocycles. The van der Waals surface area contributed by atoms with Crippen LogP contribution in [0, 0.1) is 0 Å². The van der Waals surface area contributed by atoms with Crippen LogP contribution in [0.25, 0.3) is 11.0 Å². The van der Waals surface area contributed by atoms with E-state index in [1.165, 1.54) is 0 Å². The van der Waals surface area contributed by atoms with Crippen LogP contribution in [0.1, 0.15) is 32.4 Å². The number of nitrogens with one attached hydrogen (secondary N) is 1. The Hall–Kier alpha value is -1.95. The Morgan fingerprint density at radius 1 is 1.33 bits per heavy atom. The first kappa shape index (κ1) is 14.0. The van der Waals surface area contributed by atoms with Gasteiger partial charge in [-0.1, -0.05) is 32.5 Å². The van der Waals surface area contributed by atoms with Crippen molar-refractivity contribution in [2.75, 3.05) is 5.73 Å². The fourth-order valence-corrected chi connectivity index (χ4v) is 2.66. The molecule has 0 saturated heterocycles.